The number of aromatic nitrogens is 1. The van der Waals surface area contributed by atoms with Crippen LogP contribution in [0.5, 0.6) is 5.75 Å². The predicted octanol–water partition coefficient (Wildman–Crippen LogP) is -2.27. The van der Waals surface area contributed by atoms with Gasteiger partial charge >= 0.3 is 5.97 Å². The van der Waals surface area contributed by atoms with Crippen molar-refractivity contribution in [2.75, 3.05) is 6.54 Å². The van der Waals surface area contributed by atoms with Gasteiger partial charge in [-0.25, -0.2) is 0 Å². The molecule has 0 aliphatic carbocycles. The molecule has 0 saturated carbocycles. The van der Waals surface area contributed by atoms with Crippen molar-refractivity contribution >= 4 is 47.3 Å². The van der Waals surface area contributed by atoms with E-state index in [4.69, 9.17) is 11.5 Å². The minimum Gasteiger partial charge on any atom is -0.508 e. The van der Waals surface area contributed by atoms with E-state index in [0.29, 0.717) is 11.3 Å². The zero-order valence-electron chi connectivity index (χ0n) is 31.3. The zero-order valence-corrected chi connectivity index (χ0v) is 31.3. The largest absolute Gasteiger partial charge is 0.508 e. The summed E-state index contributed by atoms with van der Waals surface area (Å²) in [6.07, 6.45) is 0.436. The van der Waals surface area contributed by atoms with Crippen LogP contribution in [0.4, 0.5) is 0 Å². The van der Waals surface area contributed by atoms with Gasteiger partial charge in [-0.05, 0) is 55.0 Å². The number of carbonyl (C=O) groups excluding carboxylic acids is 7. The monoisotopic (exact) mass is 769 g/mol. The maximum atomic E-state index is 13.7. The second-order valence-corrected chi connectivity index (χ2v) is 13.6. The smallest absolute Gasteiger partial charge is 0.305 e. The van der Waals surface area contributed by atoms with Gasteiger partial charge in [-0.3, -0.25) is 43.3 Å². The van der Waals surface area contributed by atoms with Crippen LogP contribution in [0.3, 0.4) is 0 Å². The molecule has 0 bridgehead atoms. The highest BCUT2D eigenvalue weighted by Crippen LogP contribution is 2.12. The van der Waals surface area contributed by atoms with E-state index >= 15 is 0 Å². The summed E-state index contributed by atoms with van der Waals surface area (Å²) < 4.78 is 0. The summed E-state index contributed by atoms with van der Waals surface area (Å²) in [5.41, 5.74) is 12.1. The number of hydrogen-bond acceptors (Lipinski definition) is 11. The van der Waals surface area contributed by atoms with Gasteiger partial charge in [0.15, 0.2) is 0 Å². The van der Waals surface area contributed by atoms with Crippen LogP contribution in [-0.2, 0) is 51.2 Å². The number of rotatable bonds is 21. The van der Waals surface area contributed by atoms with Gasteiger partial charge in [0.1, 0.15) is 36.0 Å². The Morgan fingerprint density at radius 3 is 1.78 bits per heavy atom. The highest BCUT2D eigenvalue weighted by Gasteiger charge is 2.35. The summed E-state index contributed by atoms with van der Waals surface area (Å²) in [4.78, 5) is 107. The highest BCUT2D eigenvalue weighted by atomic mass is 16.4. The number of amides is 7. The molecule has 2 aromatic rings. The first-order valence-corrected chi connectivity index (χ1v) is 17.5. The van der Waals surface area contributed by atoms with Crippen molar-refractivity contribution in [3.8, 4) is 5.75 Å². The fraction of sp³-hybridized carbons (Fsp3) is 0.472. The van der Waals surface area contributed by atoms with E-state index in [1.165, 1.54) is 25.3 Å². The Kier molecular flexibility index (Phi) is 17.7. The molecule has 0 spiro atoms. The minimum atomic E-state index is -1.74. The molecule has 12 N–H and O–H groups in total. The quantitative estimate of drug-likeness (QED) is 0.0643. The SMILES string of the molecule is CC(C)[C@H](NC(=O)[C@H](CC(=O)O)NC(=O)[C@H](Cc1ccccn1)NC(=O)[C@H](C)NC(=O)[C@@H](N)Cc1ccc(O)cc1)C(=O)N[C@H](C(=O)NCC(N)=O)C(C)C. The van der Waals surface area contributed by atoms with Crippen LogP contribution < -0.4 is 43.4 Å². The number of benzene rings is 1. The summed E-state index contributed by atoms with van der Waals surface area (Å²) in [6, 6.07) is 3.04. The number of aromatic hydroxyl groups is 1. The van der Waals surface area contributed by atoms with E-state index in [2.05, 4.69) is 36.9 Å². The molecule has 300 valence electrons. The van der Waals surface area contributed by atoms with Crippen molar-refractivity contribution in [1.82, 2.24) is 36.9 Å². The number of nitrogens with zero attached hydrogens (tertiary/aromatic N) is 1. The van der Waals surface area contributed by atoms with Crippen molar-refractivity contribution < 1.29 is 48.6 Å². The number of carboxylic acid groups (broad SMARTS) is 1. The lowest BCUT2D eigenvalue weighted by atomic mass is 9.99. The topological polar surface area (TPSA) is 314 Å². The number of carbonyl (C=O) groups is 8. The van der Waals surface area contributed by atoms with Crippen LogP contribution in [-0.4, -0.2) is 105 Å². The second kappa shape index (κ2) is 21.6. The molecule has 1 aromatic heterocycles. The molecule has 55 heavy (non-hydrogen) atoms. The first kappa shape index (κ1) is 45.0. The lowest BCUT2D eigenvalue weighted by Crippen LogP contribution is -2.61. The van der Waals surface area contributed by atoms with E-state index in [-0.39, 0.29) is 18.6 Å². The maximum Gasteiger partial charge on any atom is 0.305 e. The number of nitrogens with two attached hydrogens (primary N) is 2. The van der Waals surface area contributed by atoms with E-state index in [1.807, 2.05) is 0 Å². The summed E-state index contributed by atoms with van der Waals surface area (Å²) in [7, 11) is 0. The second-order valence-electron chi connectivity index (χ2n) is 13.6. The van der Waals surface area contributed by atoms with Crippen LogP contribution in [0.25, 0.3) is 0 Å². The molecule has 0 aliphatic rings. The fourth-order valence-electron chi connectivity index (χ4n) is 5.11. The third kappa shape index (κ3) is 15.4. The number of phenols is 1. The molecule has 6 atom stereocenters. The average molecular weight is 770 g/mol. The van der Waals surface area contributed by atoms with Gasteiger partial charge in [-0.15, -0.1) is 0 Å². The number of carboxylic acids is 1. The Morgan fingerprint density at radius 1 is 0.673 bits per heavy atom. The number of hydrogen-bond donors (Lipinski definition) is 10. The van der Waals surface area contributed by atoms with Gasteiger partial charge < -0.3 is 53.6 Å². The number of nitrogens with one attached hydrogen (secondary N) is 6. The lowest BCUT2D eigenvalue weighted by molar-refractivity contribution is -0.141. The normalized spacial score (nSPS) is 14.3. The summed E-state index contributed by atoms with van der Waals surface area (Å²) in [5, 5.41) is 33.8. The zero-order chi connectivity index (χ0) is 41.4. The molecule has 1 aromatic carbocycles. The van der Waals surface area contributed by atoms with Crippen molar-refractivity contribution in [3.63, 3.8) is 0 Å². The molecule has 0 saturated heterocycles. The molecule has 7 amide bonds. The molecule has 0 unspecified atom stereocenters. The molecule has 19 heteroatoms. The molecular weight excluding hydrogens is 718 g/mol. The predicted molar refractivity (Wildman–Crippen MR) is 197 cm³/mol. The molecule has 2 rings (SSSR count). The van der Waals surface area contributed by atoms with Crippen LogP contribution in [0.15, 0.2) is 48.7 Å². The Morgan fingerprint density at radius 2 is 1.24 bits per heavy atom. The van der Waals surface area contributed by atoms with Crippen LogP contribution >= 0.6 is 0 Å². The van der Waals surface area contributed by atoms with Crippen LogP contribution in [0.2, 0.25) is 0 Å². The molecule has 1 heterocycles. The van der Waals surface area contributed by atoms with Gasteiger partial charge in [-0.1, -0.05) is 45.9 Å². The average Bonchev–Trinajstić information content (AvgIpc) is 3.11. The minimum absolute atomic E-state index is 0.0383. The lowest BCUT2D eigenvalue weighted by Gasteiger charge is -2.28. The standard InChI is InChI=1S/C36H51N9O10/c1-18(2)29(35(54)40-17-27(38)47)45-36(55)30(19(3)4)44-34(53)26(16-28(48)49)43-33(52)25(15-22-8-6-7-13-39-22)42-31(50)20(5)41-32(51)24(37)14-21-9-11-23(46)12-10-21/h6-13,18-20,24-26,29-30,46H,14-17,37H2,1-5H3,(H2,38,47)(H,40,54)(H,41,51)(H,42,50)(H,43,52)(H,44,53)(H,45,55)(H,48,49)/t20-,24-,25-,26-,29-,30-/m0/s1. The van der Waals surface area contributed by atoms with E-state index in [9.17, 15) is 48.6 Å². The van der Waals surface area contributed by atoms with Gasteiger partial charge in [0.25, 0.3) is 0 Å². The van der Waals surface area contributed by atoms with Gasteiger partial charge in [0, 0.05) is 18.3 Å². The number of pyridine rings is 1. The first-order chi connectivity index (χ1) is 25.8. The third-order valence-corrected chi connectivity index (χ3v) is 8.20. The number of phenolic OH excluding ortho intramolecular Hbond substituents is 1. The molecule has 19 nitrogen and oxygen atoms in total. The Labute approximate surface area is 318 Å². The summed E-state index contributed by atoms with van der Waals surface area (Å²) in [6.45, 7) is 7.35. The van der Waals surface area contributed by atoms with Gasteiger partial charge in [0.05, 0.1) is 19.0 Å². The van der Waals surface area contributed by atoms with Crippen molar-refractivity contribution in [2.24, 2.45) is 23.3 Å². The molecule has 0 radical (unpaired) electrons. The van der Waals surface area contributed by atoms with Crippen molar-refractivity contribution in [2.45, 2.75) is 90.1 Å². The molecule has 0 aliphatic heterocycles. The number of primary amides is 1. The summed E-state index contributed by atoms with van der Waals surface area (Å²) in [5.74, 6) is -8.27. The number of aliphatic carboxylic acids is 1. The van der Waals surface area contributed by atoms with Crippen molar-refractivity contribution in [3.05, 3.63) is 59.9 Å². The third-order valence-electron chi connectivity index (χ3n) is 8.20. The van der Waals surface area contributed by atoms with Crippen LogP contribution in [0, 0.1) is 11.8 Å². The van der Waals surface area contributed by atoms with E-state index < -0.39 is 108 Å². The Balaban J connectivity index is 2.23. The molecule has 0 fully saturated rings. The van der Waals surface area contributed by atoms with E-state index in [0.717, 1.165) is 0 Å². The Bertz CT molecular complexity index is 1670. The first-order valence-electron chi connectivity index (χ1n) is 17.5. The summed E-state index contributed by atoms with van der Waals surface area (Å²) >= 11 is 0. The van der Waals surface area contributed by atoms with E-state index in [1.54, 1.807) is 58.0 Å². The van der Waals surface area contributed by atoms with Crippen molar-refractivity contribution in [1.29, 1.82) is 0 Å². The van der Waals surface area contributed by atoms with Crippen LogP contribution in [0.1, 0.15) is 52.3 Å². The van der Waals surface area contributed by atoms with Gasteiger partial charge in [0.2, 0.25) is 41.4 Å². The highest BCUT2D eigenvalue weighted by molar-refractivity contribution is 5.98. The molecular formula is C36H51N9O10. The van der Waals surface area contributed by atoms with Gasteiger partial charge in [-0.2, -0.15) is 0 Å². The fourth-order valence-corrected chi connectivity index (χ4v) is 5.11. The maximum absolute atomic E-state index is 13.7. The Hall–Kier alpha value is -6.11.